The van der Waals surface area contributed by atoms with E-state index in [1.54, 1.807) is 12.1 Å². The van der Waals surface area contributed by atoms with Gasteiger partial charge in [0.2, 0.25) is 0 Å². The summed E-state index contributed by atoms with van der Waals surface area (Å²) in [4.78, 5) is 0. The summed E-state index contributed by atoms with van der Waals surface area (Å²) in [5, 5.41) is 18.8. The Kier molecular flexibility index (Phi) is 3.07. The molecule has 0 fully saturated rings. The van der Waals surface area contributed by atoms with Crippen LogP contribution in [0.5, 0.6) is 0 Å². The Bertz CT molecular complexity index is 85.0. The fourth-order valence-electron chi connectivity index (χ4n) is 0.268. The van der Waals surface area contributed by atoms with Crippen LogP contribution in [0.3, 0.4) is 0 Å². The summed E-state index contributed by atoms with van der Waals surface area (Å²) in [6, 6.07) is 0. The molecule has 4 nitrogen and oxygen atoms in total. The maximum atomic E-state index is 8.72. The van der Waals surface area contributed by atoms with Crippen molar-refractivity contribution in [3.8, 4) is 0 Å². The van der Waals surface area contributed by atoms with Gasteiger partial charge in [0.1, 0.15) is 0 Å². The highest BCUT2D eigenvalue weighted by Gasteiger charge is 2.24. The van der Waals surface area contributed by atoms with E-state index >= 15 is 0 Å². The van der Waals surface area contributed by atoms with E-state index in [9.17, 15) is 0 Å². The van der Waals surface area contributed by atoms with Crippen molar-refractivity contribution < 1.29 is 15.9 Å². The van der Waals surface area contributed by atoms with Gasteiger partial charge in [-0.05, 0) is 13.8 Å². The molecule has 0 saturated carbocycles. The Hall–Kier alpha value is -0.160. The number of rotatable bonds is 3. The number of hydrogen-bond donors (Lipinski definition) is 3. The predicted octanol–water partition coefficient (Wildman–Crippen LogP) is -1.44. The lowest BCUT2D eigenvalue weighted by molar-refractivity contribution is -0.999. The summed E-state index contributed by atoms with van der Waals surface area (Å²) >= 11 is 0. The Morgan fingerprint density at radius 1 is 1.56 bits per heavy atom. The average Bonchev–Trinajstić information content (AvgIpc) is 1.86. The standard InChI is InChI=1S/C5H14N2O2/c1-5(2,4-8)7(3)6-9/h6,8-9H,4H2,1-3H3/p+1. The molecule has 0 aromatic rings. The van der Waals surface area contributed by atoms with E-state index in [0.29, 0.717) is 0 Å². The zero-order chi connectivity index (χ0) is 7.49. The van der Waals surface area contributed by atoms with E-state index in [-0.39, 0.29) is 12.1 Å². The van der Waals surface area contributed by atoms with Gasteiger partial charge in [-0.15, -0.1) is 10.6 Å². The summed E-state index contributed by atoms with van der Waals surface area (Å²) in [6.45, 7) is 3.69. The molecule has 0 heterocycles. The lowest BCUT2D eigenvalue weighted by Crippen LogP contribution is -2.93. The van der Waals surface area contributed by atoms with Crippen LogP contribution in [0.4, 0.5) is 0 Å². The SMILES string of the molecule is CN([NH2+]O)C(C)(C)CO. The lowest BCUT2D eigenvalue weighted by Gasteiger charge is -2.27. The van der Waals surface area contributed by atoms with Crippen molar-refractivity contribution in [1.29, 1.82) is 0 Å². The van der Waals surface area contributed by atoms with Gasteiger partial charge in [0.15, 0.2) is 0 Å². The molecule has 0 aromatic heterocycles. The smallest absolute Gasteiger partial charge is 0.0896 e. The quantitative estimate of drug-likeness (QED) is 0.328. The largest absolute Gasteiger partial charge is 0.394 e. The number of likely N-dealkylation sites (N-methyl/N-ethyl adjacent to an activating group) is 1. The fraction of sp³-hybridized carbons (Fsp3) is 1.00. The maximum Gasteiger partial charge on any atom is 0.0896 e. The Morgan fingerprint density at radius 2 is 2.00 bits per heavy atom. The number of quaternary nitrogens is 1. The van der Waals surface area contributed by atoms with E-state index < -0.39 is 0 Å². The summed E-state index contributed by atoms with van der Waals surface area (Å²) < 4.78 is 0. The minimum atomic E-state index is -0.366. The van der Waals surface area contributed by atoms with Gasteiger partial charge in [-0.1, -0.05) is 0 Å². The monoisotopic (exact) mass is 135 g/mol. The second-order valence-electron chi connectivity index (χ2n) is 2.70. The Morgan fingerprint density at radius 3 is 2.11 bits per heavy atom. The molecule has 0 bridgehead atoms. The number of nitrogens with two attached hydrogens (primary N) is 1. The van der Waals surface area contributed by atoms with Crippen LogP contribution in [0.1, 0.15) is 13.8 Å². The molecule has 0 aromatic carbocycles. The molecular weight excluding hydrogens is 120 g/mol. The van der Waals surface area contributed by atoms with Gasteiger partial charge in [0, 0.05) is 7.05 Å². The van der Waals surface area contributed by atoms with Crippen molar-refractivity contribution in [3.05, 3.63) is 0 Å². The van der Waals surface area contributed by atoms with E-state index in [1.165, 1.54) is 0 Å². The van der Waals surface area contributed by atoms with Crippen molar-refractivity contribution in [3.63, 3.8) is 0 Å². The highest BCUT2D eigenvalue weighted by molar-refractivity contribution is 4.70. The minimum absolute atomic E-state index is 0.0283. The van der Waals surface area contributed by atoms with E-state index in [4.69, 9.17) is 10.3 Å². The Labute approximate surface area is 55.0 Å². The van der Waals surface area contributed by atoms with Crippen LogP contribution in [-0.4, -0.2) is 34.5 Å². The van der Waals surface area contributed by atoms with Crippen LogP contribution in [0.2, 0.25) is 0 Å². The van der Waals surface area contributed by atoms with Gasteiger partial charge in [-0.2, -0.15) is 5.21 Å². The van der Waals surface area contributed by atoms with Crippen LogP contribution in [0, 0.1) is 0 Å². The topological polar surface area (TPSA) is 60.3 Å². The van der Waals surface area contributed by atoms with E-state index in [2.05, 4.69) is 0 Å². The summed E-state index contributed by atoms with van der Waals surface area (Å²) in [5.41, 5.74) is 0.588. The first-order valence-corrected chi connectivity index (χ1v) is 2.86. The van der Waals surface area contributed by atoms with Crippen LogP contribution in [0.15, 0.2) is 0 Å². The van der Waals surface area contributed by atoms with E-state index in [1.807, 2.05) is 13.8 Å². The number of hydrogen-bond acceptors (Lipinski definition) is 3. The molecule has 4 N–H and O–H groups in total. The summed E-state index contributed by atoms with van der Waals surface area (Å²) in [7, 11) is 1.70. The van der Waals surface area contributed by atoms with Gasteiger partial charge in [0.25, 0.3) is 0 Å². The fourth-order valence-corrected chi connectivity index (χ4v) is 0.268. The van der Waals surface area contributed by atoms with Gasteiger partial charge in [0.05, 0.1) is 12.1 Å². The Balaban J connectivity index is 3.80. The van der Waals surface area contributed by atoms with Crippen LogP contribution < -0.4 is 5.59 Å². The van der Waals surface area contributed by atoms with Gasteiger partial charge in [-0.3, -0.25) is 0 Å². The molecule has 0 spiro atoms. The van der Waals surface area contributed by atoms with Crippen molar-refractivity contribution in [2.75, 3.05) is 13.7 Å². The van der Waals surface area contributed by atoms with Crippen molar-refractivity contribution in [2.24, 2.45) is 0 Å². The van der Waals surface area contributed by atoms with E-state index in [0.717, 1.165) is 5.59 Å². The van der Waals surface area contributed by atoms with Crippen molar-refractivity contribution >= 4 is 0 Å². The van der Waals surface area contributed by atoms with Crippen LogP contribution in [-0.2, 0) is 0 Å². The molecule has 0 saturated heterocycles. The van der Waals surface area contributed by atoms with Gasteiger partial charge < -0.3 is 5.11 Å². The third kappa shape index (κ3) is 2.28. The average molecular weight is 135 g/mol. The highest BCUT2D eigenvalue weighted by Crippen LogP contribution is 2.03. The number of aliphatic hydroxyl groups excluding tert-OH is 1. The second kappa shape index (κ2) is 3.12. The zero-order valence-corrected chi connectivity index (χ0v) is 6.13. The van der Waals surface area contributed by atoms with Gasteiger partial charge in [-0.25, -0.2) is 0 Å². The molecule has 9 heavy (non-hydrogen) atoms. The number of aliphatic hydroxyl groups is 1. The first-order chi connectivity index (χ1) is 4.04. The third-order valence-electron chi connectivity index (χ3n) is 1.51. The molecular formula is C5H15N2O2+. The first-order valence-electron chi connectivity index (χ1n) is 2.86. The lowest BCUT2D eigenvalue weighted by atomic mass is 10.1. The molecule has 56 valence electrons. The van der Waals surface area contributed by atoms with Crippen LogP contribution >= 0.6 is 0 Å². The highest BCUT2D eigenvalue weighted by atomic mass is 16.5. The van der Waals surface area contributed by atoms with Gasteiger partial charge >= 0.3 is 0 Å². The number of nitrogens with zero attached hydrogens (tertiary/aromatic N) is 1. The van der Waals surface area contributed by atoms with Crippen molar-refractivity contribution in [2.45, 2.75) is 19.4 Å². The summed E-state index contributed by atoms with van der Waals surface area (Å²) in [6.07, 6.45) is 0. The molecule has 0 unspecified atom stereocenters. The minimum Gasteiger partial charge on any atom is -0.394 e. The first kappa shape index (κ1) is 8.84. The molecule has 4 heteroatoms. The third-order valence-corrected chi connectivity index (χ3v) is 1.51. The molecule has 0 aliphatic heterocycles. The molecule has 0 amide bonds. The molecule has 0 rings (SSSR count). The maximum absolute atomic E-state index is 8.72. The van der Waals surface area contributed by atoms with Crippen molar-refractivity contribution in [1.82, 2.24) is 5.01 Å². The molecule has 0 aliphatic rings. The predicted molar refractivity (Wildman–Crippen MR) is 32.6 cm³/mol. The zero-order valence-electron chi connectivity index (χ0n) is 6.13. The molecule has 0 radical (unpaired) electrons. The second-order valence-corrected chi connectivity index (χ2v) is 2.70. The molecule has 0 aliphatic carbocycles. The molecule has 0 atom stereocenters. The normalized spacial score (nSPS) is 12.7. The summed E-state index contributed by atoms with van der Waals surface area (Å²) in [5.74, 6) is 0. The van der Waals surface area contributed by atoms with Crippen LogP contribution in [0.25, 0.3) is 0 Å².